The van der Waals surface area contributed by atoms with E-state index in [1.165, 1.54) is 135 Å². The Morgan fingerprint density at radius 3 is 0.882 bits per heavy atom. The highest BCUT2D eigenvalue weighted by atomic mass is 35.5. The Balaban J connectivity index is -0.000000121. The van der Waals surface area contributed by atoms with Gasteiger partial charge in [-0.05, 0) is 90.6 Å². The van der Waals surface area contributed by atoms with Crippen molar-refractivity contribution < 1.29 is 15.3 Å². The maximum atomic E-state index is 8.47. The molecular formula is C42H100ClN5O3. The first-order valence-electron chi connectivity index (χ1n) is 21.9. The smallest absolute Gasteiger partial charge is 0.0431 e. The highest BCUT2D eigenvalue weighted by molar-refractivity contribution is 6.17. The quantitative estimate of drug-likeness (QED) is 0.0241. The second-order valence-electron chi connectivity index (χ2n) is 13.2. The average molecular weight is 759 g/mol. The van der Waals surface area contributed by atoms with Gasteiger partial charge in [0, 0.05) is 25.7 Å². The summed E-state index contributed by atoms with van der Waals surface area (Å²) >= 11 is 5.27. The van der Waals surface area contributed by atoms with Crippen LogP contribution in [0, 0.1) is 0 Å². The first kappa shape index (κ1) is 62.9. The molecule has 0 unspecified atom stereocenters. The summed E-state index contributed by atoms with van der Waals surface area (Å²) < 4.78 is 0. The summed E-state index contributed by atoms with van der Waals surface area (Å²) in [4.78, 5) is 0. The predicted molar refractivity (Wildman–Crippen MR) is 233 cm³/mol. The van der Waals surface area contributed by atoms with Crippen LogP contribution in [0.15, 0.2) is 0 Å². The lowest BCUT2D eigenvalue weighted by atomic mass is 10.1. The third-order valence-corrected chi connectivity index (χ3v) is 8.06. The van der Waals surface area contributed by atoms with E-state index in [0.717, 1.165) is 84.2 Å². The third-order valence-electron chi connectivity index (χ3n) is 7.80. The molecular weight excluding hydrogens is 658 g/mol. The molecule has 12 N–H and O–H groups in total. The normalized spacial score (nSPS) is 9.88. The summed E-state index contributed by atoms with van der Waals surface area (Å²) in [6.45, 7) is 15.0. The first-order valence-corrected chi connectivity index (χ1v) is 22.4. The van der Waals surface area contributed by atoms with E-state index in [-0.39, 0.29) is 6.61 Å². The van der Waals surface area contributed by atoms with Gasteiger partial charge in [0.1, 0.15) is 0 Å². The van der Waals surface area contributed by atoms with Crippen molar-refractivity contribution in [3.05, 3.63) is 0 Å². The molecule has 0 aromatic heterocycles. The molecule has 8 nitrogen and oxygen atoms in total. The predicted octanol–water partition coefficient (Wildman–Crippen LogP) is 9.56. The number of nitrogens with two attached hydrogens (primary N) is 4. The van der Waals surface area contributed by atoms with Crippen molar-refractivity contribution in [2.75, 3.05) is 65.0 Å². The van der Waals surface area contributed by atoms with Gasteiger partial charge in [0.05, 0.1) is 0 Å². The molecule has 0 heterocycles. The Hall–Kier alpha value is -0.0300. The SMILES string of the molecule is CCCCCCCCCC.CCCCCCCCCN.CCCCCCCCCO.NCCCN.NCCCNCCCCO.OCCCCCl. The topological polar surface area (TPSA) is 177 Å². The number of halogens is 1. The molecule has 0 rings (SSSR count). The van der Waals surface area contributed by atoms with E-state index in [1.54, 1.807) is 0 Å². The van der Waals surface area contributed by atoms with Gasteiger partial charge in [-0.3, -0.25) is 0 Å². The van der Waals surface area contributed by atoms with Gasteiger partial charge in [-0.25, -0.2) is 0 Å². The molecule has 0 radical (unpaired) electrons. The van der Waals surface area contributed by atoms with Crippen molar-refractivity contribution in [2.45, 2.75) is 207 Å². The molecule has 0 atom stereocenters. The molecule has 0 bridgehead atoms. The van der Waals surface area contributed by atoms with Gasteiger partial charge < -0.3 is 43.6 Å². The zero-order valence-corrected chi connectivity index (χ0v) is 36.2. The Morgan fingerprint density at radius 1 is 0.333 bits per heavy atom. The molecule has 0 saturated heterocycles. The van der Waals surface area contributed by atoms with Crippen LogP contribution in [0.2, 0.25) is 0 Å². The monoisotopic (exact) mass is 758 g/mol. The maximum absolute atomic E-state index is 8.47. The summed E-state index contributed by atoms with van der Waals surface area (Å²) in [6.07, 6.45) is 35.6. The fourth-order valence-corrected chi connectivity index (χ4v) is 4.60. The van der Waals surface area contributed by atoms with E-state index >= 15 is 0 Å². The van der Waals surface area contributed by atoms with Gasteiger partial charge in [0.15, 0.2) is 0 Å². The molecule has 0 aliphatic carbocycles. The molecule has 51 heavy (non-hydrogen) atoms. The van der Waals surface area contributed by atoms with Crippen LogP contribution < -0.4 is 28.3 Å². The molecule has 0 aromatic rings. The van der Waals surface area contributed by atoms with Crippen LogP contribution in [0.5, 0.6) is 0 Å². The zero-order chi connectivity index (χ0) is 39.6. The number of unbranched alkanes of at least 4 members (excludes halogenated alkanes) is 21. The van der Waals surface area contributed by atoms with Crippen LogP contribution in [0.25, 0.3) is 0 Å². The summed E-state index contributed by atoms with van der Waals surface area (Å²) in [5, 5.41) is 28.3. The van der Waals surface area contributed by atoms with E-state index in [4.69, 9.17) is 49.9 Å². The van der Waals surface area contributed by atoms with Crippen molar-refractivity contribution >= 4 is 11.6 Å². The van der Waals surface area contributed by atoms with E-state index < -0.39 is 0 Å². The summed E-state index contributed by atoms with van der Waals surface area (Å²) in [5.41, 5.74) is 20.8. The van der Waals surface area contributed by atoms with Crippen LogP contribution >= 0.6 is 11.6 Å². The molecule has 0 saturated carbocycles. The largest absolute Gasteiger partial charge is 0.396 e. The van der Waals surface area contributed by atoms with E-state index in [1.807, 2.05) is 0 Å². The van der Waals surface area contributed by atoms with Crippen molar-refractivity contribution in [2.24, 2.45) is 22.9 Å². The second kappa shape index (κ2) is 78.9. The van der Waals surface area contributed by atoms with Crippen LogP contribution in [0.3, 0.4) is 0 Å². The van der Waals surface area contributed by atoms with E-state index in [0.29, 0.717) is 19.1 Å². The Morgan fingerprint density at radius 2 is 0.608 bits per heavy atom. The lowest BCUT2D eigenvalue weighted by molar-refractivity contribution is 0.282. The van der Waals surface area contributed by atoms with Gasteiger partial charge in [0.25, 0.3) is 0 Å². The Labute approximate surface area is 326 Å². The highest BCUT2D eigenvalue weighted by Crippen LogP contribution is 2.08. The minimum absolute atomic E-state index is 0.271. The zero-order valence-electron chi connectivity index (χ0n) is 35.4. The Kier molecular flexibility index (Phi) is 97.4. The van der Waals surface area contributed by atoms with Crippen LogP contribution in [-0.4, -0.2) is 80.3 Å². The molecule has 0 aliphatic rings. The molecule has 0 amide bonds. The van der Waals surface area contributed by atoms with Crippen molar-refractivity contribution in [3.8, 4) is 0 Å². The maximum Gasteiger partial charge on any atom is 0.0431 e. The summed E-state index contributed by atoms with van der Waals surface area (Å²) in [5.74, 6) is 0.667. The van der Waals surface area contributed by atoms with Crippen molar-refractivity contribution in [1.29, 1.82) is 0 Å². The Bertz CT molecular complexity index is 357. The highest BCUT2D eigenvalue weighted by Gasteiger charge is 1.90. The van der Waals surface area contributed by atoms with Crippen LogP contribution in [0.1, 0.15) is 207 Å². The standard InChI is InChI=1S/C10H22.C9H21N.C9H20O.C7H18N2O.C4H9ClO.C3H10N2/c1-3-5-7-9-10-8-6-4-2;2*1-2-3-4-5-6-7-8-9-10;8-4-3-6-9-5-1-2-7-10;5-3-1-2-4-6;4-2-1-3-5/h3-10H2,1-2H3;2-10H2,1H3;10H,2-9H2,1H3;9-10H,1-8H2;6H,1-4H2;1-5H2. The fourth-order valence-electron chi connectivity index (χ4n) is 4.42. The average Bonchev–Trinajstić information content (AvgIpc) is 3.15. The number of aliphatic hydroxyl groups excluding tert-OH is 3. The lowest BCUT2D eigenvalue weighted by Crippen LogP contribution is -2.19. The number of nitrogens with one attached hydrogen (secondary N) is 1. The van der Waals surface area contributed by atoms with Gasteiger partial charge in [0.2, 0.25) is 0 Å². The number of aliphatic hydroxyl groups is 3. The van der Waals surface area contributed by atoms with E-state index in [2.05, 4.69) is 33.0 Å². The molecule has 0 aliphatic heterocycles. The summed E-state index contributed by atoms with van der Waals surface area (Å²) in [6, 6.07) is 0. The summed E-state index contributed by atoms with van der Waals surface area (Å²) in [7, 11) is 0. The van der Waals surface area contributed by atoms with Gasteiger partial charge >= 0.3 is 0 Å². The lowest BCUT2D eigenvalue weighted by Gasteiger charge is -2.01. The van der Waals surface area contributed by atoms with Crippen molar-refractivity contribution in [3.63, 3.8) is 0 Å². The minimum Gasteiger partial charge on any atom is -0.396 e. The molecule has 0 fully saturated rings. The number of rotatable bonds is 33. The molecule has 0 spiro atoms. The third kappa shape index (κ3) is 106. The second-order valence-corrected chi connectivity index (χ2v) is 13.6. The first-order chi connectivity index (χ1) is 25.0. The number of hydrogen-bond donors (Lipinski definition) is 8. The van der Waals surface area contributed by atoms with Crippen LogP contribution in [0.4, 0.5) is 0 Å². The molecule has 9 heteroatoms. The van der Waals surface area contributed by atoms with Gasteiger partial charge in [-0.2, -0.15) is 0 Å². The fraction of sp³-hybridized carbons (Fsp3) is 1.00. The van der Waals surface area contributed by atoms with Crippen LogP contribution in [-0.2, 0) is 0 Å². The van der Waals surface area contributed by atoms with Gasteiger partial charge in [-0.1, -0.05) is 156 Å². The van der Waals surface area contributed by atoms with Crippen molar-refractivity contribution in [1.82, 2.24) is 5.32 Å². The van der Waals surface area contributed by atoms with Gasteiger partial charge in [-0.15, -0.1) is 11.6 Å². The molecule has 318 valence electrons. The number of hydrogen-bond acceptors (Lipinski definition) is 8. The number of alkyl halides is 1. The minimum atomic E-state index is 0.271. The molecule has 0 aromatic carbocycles. The van der Waals surface area contributed by atoms with E-state index in [9.17, 15) is 0 Å².